The normalized spacial score (nSPS) is 37.0. The van der Waals surface area contributed by atoms with E-state index in [0.29, 0.717) is 67.3 Å². The van der Waals surface area contributed by atoms with Crippen molar-refractivity contribution in [2.24, 2.45) is 46.3 Å². The summed E-state index contributed by atoms with van der Waals surface area (Å²) >= 11 is 0. The van der Waals surface area contributed by atoms with Gasteiger partial charge in [-0.1, -0.05) is 47.5 Å². The van der Waals surface area contributed by atoms with Crippen molar-refractivity contribution >= 4 is 11.9 Å². The first-order valence-corrected chi connectivity index (χ1v) is 24.5. The Morgan fingerprint density at radius 3 is 2.14 bits per heavy atom. The summed E-state index contributed by atoms with van der Waals surface area (Å²) in [7, 11) is 1.54. The molecule has 14 heteroatoms. The minimum Gasteiger partial charge on any atom is -0.497 e. The van der Waals surface area contributed by atoms with Gasteiger partial charge in [-0.15, -0.1) is 0 Å². The van der Waals surface area contributed by atoms with Crippen LogP contribution in [0.15, 0.2) is 24.3 Å². The van der Waals surface area contributed by atoms with Crippen molar-refractivity contribution in [2.75, 3.05) is 40.0 Å². The van der Waals surface area contributed by atoms with Gasteiger partial charge in [0.25, 0.3) is 5.97 Å². The summed E-state index contributed by atoms with van der Waals surface area (Å²) in [6.07, 6.45) is 13.0. The first-order chi connectivity index (χ1) is 30.6. The summed E-state index contributed by atoms with van der Waals surface area (Å²) in [5.41, 5.74) is 0.860. The molecule has 15 atom stereocenters. The van der Waals surface area contributed by atoms with E-state index in [2.05, 4.69) is 26.1 Å². The molecular weight excluding hydrogens is 823 g/mol. The van der Waals surface area contributed by atoms with Crippen LogP contribution in [-0.2, 0) is 23.7 Å². The number of aliphatic carboxylic acids is 1. The quantitative estimate of drug-likeness (QED) is 0.0863. The summed E-state index contributed by atoms with van der Waals surface area (Å²) in [6, 6.07) is 6.23. The molecule has 0 spiro atoms. The number of carboxylic acid groups (broad SMARTS) is 2. The SMILES string of the molecule is CC.CC(=O)O.CC(CCCC[C@H]1C(OC2CC(OC3CC(O)CCO3)C(O)CO2)CC2C3CCC4CC(O)CCC4(C)C3CCC21C)CNCCO.COc1ccc(C(=O)O)cc1. The molecule has 7 N–H and O–H groups in total. The molecule has 368 valence electrons. The molecule has 14 nitrogen and oxygen atoms in total. The summed E-state index contributed by atoms with van der Waals surface area (Å²) < 4.78 is 30.0. The van der Waals surface area contributed by atoms with Crippen molar-refractivity contribution in [3.05, 3.63) is 29.8 Å². The van der Waals surface area contributed by atoms with E-state index in [4.69, 9.17) is 43.8 Å². The van der Waals surface area contributed by atoms with Gasteiger partial charge >= 0.3 is 5.97 Å². The fourth-order valence-corrected chi connectivity index (χ4v) is 12.3. The van der Waals surface area contributed by atoms with Crippen molar-refractivity contribution in [3.8, 4) is 5.75 Å². The first kappa shape index (κ1) is 54.2. The Bertz CT molecular complexity index is 1510. The number of methoxy groups -OCH3 is 1. The largest absolute Gasteiger partial charge is 0.497 e. The molecule has 0 amide bonds. The molecule has 0 radical (unpaired) electrons. The second-order valence-corrected chi connectivity index (χ2v) is 19.7. The molecule has 0 bridgehead atoms. The highest BCUT2D eigenvalue weighted by molar-refractivity contribution is 5.87. The third kappa shape index (κ3) is 14.8. The van der Waals surface area contributed by atoms with Gasteiger partial charge in [0.15, 0.2) is 12.6 Å². The van der Waals surface area contributed by atoms with Crippen LogP contribution in [0.5, 0.6) is 5.75 Å². The van der Waals surface area contributed by atoms with Gasteiger partial charge < -0.3 is 59.6 Å². The van der Waals surface area contributed by atoms with Crippen LogP contribution in [0.2, 0.25) is 0 Å². The van der Waals surface area contributed by atoms with E-state index in [1.807, 2.05) is 13.8 Å². The van der Waals surface area contributed by atoms with Crippen LogP contribution in [0.25, 0.3) is 0 Å². The van der Waals surface area contributed by atoms with Crippen LogP contribution in [0.4, 0.5) is 0 Å². The molecule has 6 aliphatic rings. The molecule has 4 aliphatic carbocycles. The summed E-state index contributed by atoms with van der Waals surface area (Å²) in [5, 5.41) is 59.8. The van der Waals surface area contributed by atoms with E-state index >= 15 is 0 Å². The Morgan fingerprint density at radius 2 is 1.48 bits per heavy atom. The van der Waals surface area contributed by atoms with Gasteiger partial charge in [-0.2, -0.15) is 0 Å². The summed E-state index contributed by atoms with van der Waals surface area (Å²) in [4.78, 5) is 19.4. The van der Waals surface area contributed by atoms with Crippen molar-refractivity contribution in [3.63, 3.8) is 0 Å². The lowest BCUT2D eigenvalue weighted by atomic mass is 9.44. The minimum absolute atomic E-state index is 0.114. The maximum absolute atomic E-state index is 10.8. The number of nitrogens with one attached hydrogen (secondary N) is 1. The number of hydrogen-bond donors (Lipinski definition) is 7. The standard InChI is InChI=1S/C38H67NO8.C8H8O3.C2H4O2.C2H6/c1-24(22-39-15-16-40)6-4-5-7-30-33(46-36-21-34(32(43)23-45-36)47-35-19-27(42)12-17-44-35)20-31-28-9-8-25-18-26(41)10-13-37(25,2)29(28)11-14-38(30,31)3;1-11-7-4-2-6(3-5-7)8(9)10;1-2(3)4;1-2/h24-36,39-43H,4-23H2,1-3H3;2-5H,1H3,(H,9,10);1H3,(H,3,4);1-2H3/t24?,25?,26?,27?,28?,29?,30-,31?,32?,33?,34?,35?,36?,37?,38?;;;/m0.../s1. The second kappa shape index (κ2) is 26.2. The lowest BCUT2D eigenvalue weighted by Crippen LogP contribution is -2.54. The third-order valence-electron chi connectivity index (χ3n) is 15.6. The van der Waals surface area contributed by atoms with Crippen LogP contribution in [0, 0.1) is 46.3 Å². The molecule has 64 heavy (non-hydrogen) atoms. The van der Waals surface area contributed by atoms with Gasteiger partial charge in [0.2, 0.25) is 0 Å². The average molecular weight is 908 g/mol. The maximum atomic E-state index is 10.8. The van der Waals surface area contributed by atoms with Gasteiger partial charge in [0, 0.05) is 26.3 Å². The third-order valence-corrected chi connectivity index (χ3v) is 15.6. The number of aliphatic hydroxyl groups excluding tert-OH is 4. The highest BCUT2D eigenvalue weighted by Crippen LogP contribution is 2.68. The van der Waals surface area contributed by atoms with Crippen LogP contribution in [0.1, 0.15) is 148 Å². The molecule has 2 saturated heterocycles. The molecule has 6 fully saturated rings. The number of carbonyl (C=O) groups is 2. The number of fused-ring (bicyclic) bond motifs is 5. The Morgan fingerprint density at radius 1 is 0.828 bits per heavy atom. The Kier molecular flexibility index (Phi) is 22.2. The molecule has 2 heterocycles. The van der Waals surface area contributed by atoms with Gasteiger partial charge in [-0.3, -0.25) is 4.79 Å². The van der Waals surface area contributed by atoms with Gasteiger partial charge in [0.1, 0.15) is 11.9 Å². The van der Waals surface area contributed by atoms with E-state index in [9.17, 15) is 20.1 Å². The van der Waals surface area contributed by atoms with E-state index in [1.165, 1.54) is 77.0 Å². The first-order valence-electron chi connectivity index (χ1n) is 24.5. The molecule has 1 aromatic carbocycles. The number of benzene rings is 1. The minimum atomic E-state index is -0.923. The molecule has 4 saturated carbocycles. The Labute approximate surface area is 383 Å². The smallest absolute Gasteiger partial charge is 0.335 e. The highest BCUT2D eigenvalue weighted by Gasteiger charge is 2.62. The van der Waals surface area contributed by atoms with E-state index < -0.39 is 42.8 Å². The zero-order valence-electron chi connectivity index (χ0n) is 40.0. The predicted molar refractivity (Wildman–Crippen MR) is 244 cm³/mol. The lowest BCUT2D eigenvalue weighted by molar-refractivity contribution is -0.281. The van der Waals surface area contributed by atoms with Crippen molar-refractivity contribution in [1.82, 2.24) is 5.32 Å². The van der Waals surface area contributed by atoms with E-state index in [-0.39, 0.29) is 36.4 Å². The number of hydrogen-bond acceptors (Lipinski definition) is 12. The number of aliphatic hydroxyl groups is 4. The number of carboxylic acids is 2. The van der Waals surface area contributed by atoms with Crippen LogP contribution in [-0.4, -0.2) is 126 Å². The fraction of sp³-hybridized carbons (Fsp3) is 0.840. The molecule has 0 aromatic heterocycles. The summed E-state index contributed by atoms with van der Waals surface area (Å²) in [5.74, 6) is 2.73. The Balaban J connectivity index is 0.000000447. The maximum Gasteiger partial charge on any atom is 0.335 e. The van der Waals surface area contributed by atoms with Gasteiger partial charge in [0.05, 0.1) is 56.9 Å². The lowest BCUT2D eigenvalue weighted by Gasteiger charge is -2.61. The highest BCUT2D eigenvalue weighted by atomic mass is 16.7. The van der Waals surface area contributed by atoms with E-state index in [0.717, 1.165) is 44.6 Å². The number of unbranched alkanes of at least 4 members (excludes halogenated alkanes) is 1. The molecular formula is C50H85NO13. The average Bonchev–Trinajstić information content (AvgIpc) is 3.55. The van der Waals surface area contributed by atoms with Gasteiger partial charge in [-0.25, -0.2) is 4.79 Å². The predicted octanol–water partition coefficient (Wildman–Crippen LogP) is 7.28. The van der Waals surface area contributed by atoms with Crippen molar-refractivity contribution in [2.45, 2.75) is 181 Å². The Hall–Kier alpha value is -2.40. The zero-order chi connectivity index (χ0) is 47.0. The van der Waals surface area contributed by atoms with Crippen LogP contribution < -0.4 is 10.1 Å². The second-order valence-electron chi connectivity index (χ2n) is 19.7. The molecule has 1 aromatic rings. The topological polar surface area (TPSA) is 214 Å². The number of rotatable bonds is 15. The van der Waals surface area contributed by atoms with Gasteiger partial charge in [-0.05, 0) is 148 Å². The molecule has 7 rings (SSSR count). The molecule has 2 aliphatic heterocycles. The van der Waals surface area contributed by atoms with Crippen molar-refractivity contribution < 1.29 is 63.9 Å². The monoisotopic (exact) mass is 908 g/mol. The molecule has 14 unspecified atom stereocenters. The van der Waals surface area contributed by atoms with Crippen LogP contribution in [0.3, 0.4) is 0 Å². The summed E-state index contributed by atoms with van der Waals surface area (Å²) in [6.45, 7) is 15.0. The fourth-order valence-electron chi connectivity index (χ4n) is 12.3. The van der Waals surface area contributed by atoms with E-state index in [1.54, 1.807) is 12.1 Å². The number of aromatic carboxylic acids is 1. The van der Waals surface area contributed by atoms with Crippen LogP contribution >= 0.6 is 0 Å². The number of ether oxygens (including phenoxy) is 5. The van der Waals surface area contributed by atoms with Crippen molar-refractivity contribution in [1.29, 1.82) is 0 Å². The zero-order valence-corrected chi connectivity index (χ0v) is 40.0.